The zero-order valence-corrected chi connectivity index (χ0v) is 15.1. The summed E-state index contributed by atoms with van der Waals surface area (Å²) in [5.74, 6) is 0.975. The number of amides is 1. The highest BCUT2D eigenvalue weighted by atomic mass is 79.9. The number of carbonyl (C=O) groups is 1. The summed E-state index contributed by atoms with van der Waals surface area (Å²) in [6.07, 6.45) is 4.67. The largest absolute Gasteiger partial charge is 0.465 e. The Morgan fingerprint density at radius 1 is 1.23 bits per heavy atom. The van der Waals surface area contributed by atoms with E-state index in [0.29, 0.717) is 29.7 Å². The molecular formula is C16H16BrN7O2. The Kier molecular flexibility index (Phi) is 5.64. The van der Waals surface area contributed by atoms with Crippen LogP contribution in [0.25, 0.3) is 0 Å². The summed E-state index contributed by atoms with van der Waals surface area (Å²) >= 11 is 3.42. The molecule has 3 rings (SSSR count). The molecule has 2 aromatic heterocycles. The lowest BCUT2D eigenvalue weighted by molar-refractivity contribution is 0.210. The first-order valence-electron chi connectivity index (χ1n) is 7.71. The van der Waals surface area contributed by atoms with Crippen LogP contribution < -0.4 is 16.0 Å². The number of aromatic amines is 1. The van der Waals surface area contributed by atoms with Gasteiger partial charge in [-0.25, -0.2) is 14.8 Å². The molecule has 0 radical (unpaired) electrons. The van der Waals surface area contributed by atoms with Gasteiger partial charge in [0.25, 0.3) is 0 Å². The van der Waals surface area contributed by atoms with Gasteiger partial charge in [0.15, 0.2) is 0 Å². The average Bonchev–Trinajstić information content (AvgIpc) is 3.12. The highest BCUT2D eigenvalue weighted by molar-refractivity contribution is 9.10. The number of aromatic nitrogens is 4. The van der Waals surface area contributed by atoms with Gasteiger partial charge in [-0.15, -0.1) is 0 Å². The van der Waals surface area contributed by atoms with Crippen molar-refractivity contribution in [1.29, 1.82) is 0 Å². The average molecular weight is 418 g/mol. The number of H-pyrrole nitrogens is 1. The summed E-state index contributed by atoms with van der Waals surface area (Å²) in [6.45, 7) is 0.661. The first kappa shape index (κ1) is 17.7. The van der Waals surface area contributed by atoms with Gasteiger partial charge in [-0.3, -0.25) is 5.32 Å². The van der Waals surface area contributed by atoms with Crippen molar-refractivity contribution in [2.45, 2.75) is 6.42 Å². The number of anilines is 4. The zero-order chi connectivity index (χ0) is 18.4. The second-order valence-electron chi connectivity index (χ2n) is 5.24. The van der Waals surface area contributed by atoms with Gasteiger partial charge in [0, 0.05) is 31.1 Å². The Morgan fingerprint density at radius 3 is 2.77 bits per heavy atom. The molecule has 0 saturated carbocycles. The van der Waals surface area contributed by atoms with E-state index in [1.807, 2.05) is 0 Å². The third-order valence-corrected chi connectivity index (χ3v) is 3.98. The lowest BCUT2D eigenvalue weighted by Gasteiger charge is -2.12. The fraction of sp³-hybridized carbons (Fsp3) is 0.125. The molecule has 0 unspecified atom stereocenters. The first-order chi connectivity index (χ1) is 12.6. The van der Waals surface area contributed by atoms with Crippen molar-refractivity contribution in [2.24, 2.45) is 0 Å². The van der Waals surface area contributed by atoms with Crippen molar-refractivity contribution < 1.29 is 9.90 Å². The molecule has 10 heteroatoms. The Labute approximate surface area is 157 Å². The molecule has 1 amide bonds. The van der Waals surface area contributed by atoms with E-state index < -0.39 is 6.09 Å². The van der Waals surface area contributed by atoms with Gasteiger partial charge in [0.2, 0.25) is 5.95 Å². The standard InChI is InChI=1S/C16H16BrN7O2/c17-11-8-20-15(22-12-3-1-2-4-13(12)23-16(25)26)24-14(11)19-6-5-10-7-18-9-21-10/h1-4,7-9,23H,5-6H2,(H,18,21)(H,25,26)(H2,19,20,22,24). The van der Waals surface area contributed by atoms with Crippen LogP contribution in [-0.4, -0.2) is 37.7 Å². The Balaban J connectivity index is 1.70. The molecular weight excluding hydrogens is 402 g/mol. The van der Waals surface area contributed by atoms with Gasteiger partial charge in [-0.2, -0.15) is 4.98 Å². The van der Waals surface area contributed by atoms with E-state index in [9.17, 15) is 4.79 Å². The molecule has 1 aromatic carbocycles. The summed E-state index contributed by atoms with van der Waals surface area (Å²) < 4.78 is 0.726. The van der Waals surface area contributed by atoms with Gasteiger partial charge < -0.3 is 20.7 Å². The maximum atomic E-state index is 10.9. The van der Waals surface area contributed by atoms with E-state index in [4.69, 9.17) is 5.11 Å². The van der Waals surface area contributed by atoms with Crippen molar-refractivity contribution in [1.82, 2.24) is 19.9 Å². The third kappa shape index (κ3) is 4.70. The lowest BCUT2D eigenvalue weighted by Crippen LogP contribution is -2.11. The van der Waals surface area contributed by atoms with Crippen molar-refractivity contribution in [2.75, 3.05) is 22.5 Å². The minimum Gasteiger partial charge on any atom is -0.465 e. The fourth-order valence-electron chi connectivity index (χ4n) is 2.23. The van der Waals surface area contributed by atoms with Crippen LogP contribution in [-0.2, 0) is 6.42 Å². The van der Waals surface area contributed by atoms with E-state index >= 15 is 0 Å². The number of imidazole rings is 1. The molecule has 0 aliphatic rings. The number of halogens is 1. The molecule has 3 aromatic rings. The number of hydrogen-bond acceptors (Lipinski definition) is 6. The van der Waals surface area contributed by atoms with E-state index in [0.717, 1.165) is 16.6 Å². The number of nitrogens with one attached hydrogen (secondary N) is 4. The maximum absolute atomic E-state index is 10.9. The molecule has 0 aliphatic carbocycles. The van der Waals surface area contributed by atoms with Crippen LogP contribution in [0, 0.1) is 0 Å². The number of hydrogen-bond donors (Lipinski definition) is 5. The van der Waals surface area contributed by atoms with Crippen LogP contribution in [0.4, 0.5) is 27.9 Å². The highest BCUT2D eigenvalue weighted by Gasteiger charge is 2.09. The summed E-state index contributed by atoms with van der Waals surface area (Å²) in [4.78, 5) is 26.6. The monoisotopic (exact) mass is 417 g/mol. The summed E-state index contributed by atoms with van der Waals surface area (Å²) in [5.41, 5.74) is 2.00. The van der Waals surface area contributed by atoms with Crippen molar-refractivity contribution >= 4 is 45.2 Å². The SMILES string of the molecule is O=C(O)Nc1ccccc1Nc1ncc(Br)c(NCCc2cnc[nH]2)n1. The molecule has 0 atom stereocenters. The van der Waals surface area contributed by atoms with Crippen LogP contribution in [0.1, 0.15) is 5.69 Å². The predicted octanol–water partition coefficient (Wildman–Crippen LogP) is 3.45. The van der Waals surface area contributed by atoms with Crippen molar-refractivity contribution in [3.8, 4) is 0 Å². The summed E-state index contributed by atoms with van der Waals surface area (Å²) in [7, 11) is 0. The zero-order valence-electron chi connectivity index (χ0n) is 13.5. The van der Waals surface area contributed by atoms with E-state index in [-0.39, 0.29) is 0 Å². The molecule has 0 bridgehead atoms. The molecule has 0 fully saturated rings. The van der Waals surface area contributed by atoms with Crippen LogP contribution >= 0.6 is 15.9 Å². The summed E-state index contributed by atoms with van der Waals surface area (Å²) in [5, 5.41) is 17.5. The Bertz CT molecular complexity index is 886. The molecule has 0 saturated heterocycles. The van der Waals surface area contributed by atoms with Crippen LogP contribution in [0.2, 0.25) is 0 Å². The maximum Gasteiger partial charge on any atom is 0.409 e. The third-order valence-electron chi connectivity index (χ3n) is 3.40. The Morgan fingerprint density at radius 2 is 2.04 bits per heavy atom. The lowest BCUT2D eigenvalue weighted by atomic mass is 10.2. The second-order valence-corrected chi connectivity index (χ2v) is 6.10. The van der Waals surface area contributed by atoms with E-state index in [1.165, 1.54) is 0 Å². The molecule has 5 N–H and O–H groups in total. The molecule has 0 spiro atoms. The van der Waals surface area contributed by atoms with E-state index in [2.05, 4.69) is 51.8 Å². The van der Waals surface area contributed by atoms with Gasteiger partial charge in [-0.1, -0.05) is 12.1 Å². The van der Waals surface area contributed by atoms with Crippen LogP contribution in [0.3, 0.4) is 0 Å². The minimum atomic E-state index is -1.14. The molecule has 9 nitrogen and oxygen atoms in total. The Hall–Kier alpha value is -3.14. The normalized spacial score (nSPS) is 10.3. The van der Waals surface area contributed by atoms with Crippen molar-refractivity contribution in [3.05, 3.63) is 53.2 Å². The number of rotatable bonds is 7. The molecule has 134 valence electrons. The minimum absolute atomic E-state index is 0.344. The van der Waals surface area contributed by atoms with Gasteiger partial charge >= 0.3 is 6.09 Å². The second kappa shape index (κ2) is 8.30. The number of benzene rings is 1. The van der Waals surface area contributed by atoms with Crippen LogP contribution in [0.5, 0.6) is 0 Å². The number of nitrogens with zero attached hydrogens (tertiary/aromatic N) is 3. The molecule has 0 aliphatic heterocycles. The smallest absolute Gasteiger partial charge is 0.409 e. The van der Waals surface area contributed by atoms with Gasteiger partial charge in [0.05, 0.1) is 22.2 Å². The molecule has 26 heavy (non-hydrogen) atoms. The topological polar surface area (TPSA) is 128 Å². The van der Waals surface area contributed by atoms with E-state index in [1.54, 1.807) is 43.0 Å². The summed E-state index contributed by atoms with van der Waals surface area (Å²) in [6, 6.07) is 6.92. The first-order valence-corrected chi connectivity index (χ1v) is 8.51. The highest BCUT2D eigenvalue weighted by Crippen LogP contribution is 2.26. The number of carboxylic acid groups (broad SMARTS) is 1. The van der Waals surface area contributed by atoms with Gasteiger partial charge in [-0.05, 0) is 28.1 Å². The van der Waals surface area contributed by atoms with Gasteiger partial charge in [0.1, 0.15) is 5.82 Å². The van der Waals surface area contributed by atoms with Crippen molar-refractivity contribution in [3.63, 3.8) is 0 Å². The quantitative estimate of drug-likeness (QED) is 0.398. The predicted molar refractivity (Wildman–Crippen MR) is 102 cm³/mol. The van der Waals surface area contributed by atoms with Crippen LogP contribution in [0.15, 0.2) is 47.5 Å². The fourth-order valence-corrected chi connectivity index (χ4v) is 2.56. The molecule has 2 heterocycles. The number of para-hydroxylation sites is 2.